The Kier molecular flexibility index (Phi) is 4.81. The molecule has 2 aromatic carbocycles. The van der Waals surface area contributed by atoms with Crippen molar-refractivity contribution in [1.82, 2.24) is 10.2 Å². The van der Waals surface area contributed by atoms with E-state index in [1.807, 2.05) is 49.4 Å². The van der Waals surface area contributed by atoms with Crippen LogP contribution in [-0.4, -0.2) is 41.2 Å². The van der Waals surface area contributed by atoms with Gasteiger partial charge in [0.25, 0.3) is 5.91 Å². The Morgan fingerprint density at radius 1 is 1.21 bits per heavy atom. The van der Waals surface area contributed by atoms with Crippen LogP contribution >= 0.6 is 0 Å². The van der Waals surface area contributed by atoms with Crippen LogP contribution in [0.5, 0.6) is 5.75 Å². The minimum atomic E-state index is -1.01. The second kappa shape index (κ2) is 7.28. The highest BCUT2D eigenvalue weighted by molar-refractivity contribution is 6.07. The third-order valence-electron chi connectivity index (χ3n) is 5.48. The summed E-state index contributed by atoms with van der Waals surface area (Å²) in [7, 11) is 0. The summed E-state index contributed by atoms with van der Waals surface area (Å²) in [4.78, 5) is 26.9. The van der Waals surface area contributed by atoms with Gasteiger partial charge in [-0.05, 0) is 55.0 Å². The summed E-state index contributed by atoms with van der Waals surface area (Å²) >= 11 is 0. The van der Waals surface area contributed by atoms with Crippen molar-refractivity contribution in [3.05, 3.63) is 65.2 Å². The number of aliphatic hydroxyl groups is 1. The molecule has 2 N–H and O–H groups in total. The standard InChI is InChI=1S/C22H24N2O4/c1-15-6-4-9-18(12-15)28-14-17(25)13-24-20(26)22(23-21(24)27)11-5-8-16-7-2-3-10-19(16)22/h2-4,6-7,9-10,12,17,25H,5,8,11,13-14H2,1H3,(H,23,27)/t17-,22-/m1/s1. The van der Waals surface area contributed by atoms with Gasteiger partial charge < -0.3 is 15.2 Å². The molecular weight excluding hydrogens is 356 g/mol. The molecule has 0 aromatic heterocycles. The van der Waals surface area contributed by atoms with Crippen molar-refractivity contribution in [2.24, 2.45) is 0 Å². The fourth-order valence-corrected chi connectivity index (χ4v) is 4.14. The molecule has 1 saturated heterocycles. The zero-order valence-corrected chi connectivity index (χ0v) is 15.9. The Bertz CT molecular complexity index is 913. The molecule has 146 valence electrons. The molecule has 3 amide bonds. The van der Waals surface area contributed by atoms with Gasteiger partial charge in [0.15, 0.2) is 0 Å². The van der Waals surface area contributed by atoms with Crippen molar-refractivity contribution >= 4 is 11.9 Å². The molecule has 4 rings (SSSR count). The van der Waals surface area contributed by atoms with Crippen LogP contribution in [0.2, 0.25) is 0 Å². The number of imide groups is 1. The van der Waals surface area contributed by atoms with Crippen LogP contribution < -0.4 is 10.1 Å². The number of hydrogen-bond donors (Lipinski definition) is 2. The van der Waals surface area contributed by atoms with Crippen molar-refractivity contribution in [3.63, 3.8) is 0 Å². The average Bonchev–Trinajstić information content (AvgIpc) is 2.92. The predicted octanol–water partition coefficient (Wildman–Crippen LogP) is 2.52. The van der Waals surface area contributed by atoms with Crippen LogP contribution in [0.25, 0.3) is 0 Å². The maximum atomic E-state index is 13.2. The van der Waals surface area contributed by atoms with Crippen LogP contribution in [0.4, 0.5) is 4.79 Å². The lowest BCUT2D eigenvalue weighted by atomic mass is 9.76. The molecule has 28 heavy (non-hydrogen) atoms. The van der Waals surface area contributed by atoms with Crippen molar-refractivity contribution in [2.45, 2.75) is 37.8 Å². The SMILES string of the molecule is Cc1cccc(OC[C@H](O)CN2C(=O)N[C@@]3(CCCc4ccccc43)C2=O)c1. The number of carbonyl (C=O) groups excluding carboxylic acids is 2. The molecule has 2 atom stereocenters. The highest BCUT2D eigenvalue weighted by Crippen LogP contribution is 2.39. The molecular formula is C22H24N2O4. The lowest BCUT2D eigenvalue weighted by molar-refractivity contribution is -0.133. The third kappa shape index (κ3) is 3.24. The van der Waals surface area contributed by atoms with Gasteiger partial charge in [0.1, 0.15) is 24.0 Å². The summed E-state index contributed by atoms with van der Waals surface area (Å²) < 4.78 is 5.60. The monoisotopic (exact) mass is 380 g/mol. The number of fused-ring (bicyclic) bond motifs is 2. The first kappa shape index (κ1) is 18.5. The minimum absolute atomic E-state index is 0.00407. The number of amides is 3. The fourth-order valence-electron chi connectivity index (χ4n) is 4.14. The number of ether oxygens (including phenoxy) is 1. The van der Waals surface area contributed by atoms with Crippen LogP contribution in [0, 0.1) is 6.92 Å². The van der Waals surface area contributed by atoms with E-state index in [2.05, 4.69) is 5.32 Å². The number of urea groups is 1. The second-order valence-corrected chi connectivity index (χ2v) is 7.54. The first-order chi connectivity index (χ1) is 13.5. The fraction of sp³-hybridized carbons (Fsp3) is 0.364. The number of benzene rings is 2. The van der Waals surface area contributed by atoms with E-state index in [0.717, 1.165) is 34.4 Å². The van der Waals surface area contributed by atoms with E-state index in [9.17, 15) is 14.7 Å². The highest BCUT2D eigenvalue weighted by atomic mass is 16.5. The molecule has 1 fully saturated rings. The van der Waals surface area contributed by atoms with E-state index in [1.165, 1.54) is 0 Å². The summed E-state index contributed by atoms with van der Waals surface area (Å²) in [5.41, 5.74) is 2.00. The third-order valence-corrected chi connectivity index (χ3v) is 5.48. The van der Waals surface area contributed by atoms with Crippen LogP contribution in [0.3, 0.4) is 0 Å². The van der Waals surface area contributed by atoms with Crippen molar-refractivity contribution in [2.75, 3.05) is 13.2 Å². The van der Waals surface area contributed by atoms with Gasteiger partial charge in [-0.2, -0.15) is 0 Å². The van der Waals surface area contributed by atoms with Crippen LogP contribution in [-0.2, 0) is 16.8 Å². The number of β-amino-alcohol motifs (C(OH)–C–C–N with tert-alkyl or cyclic N) is 1. The maximum absolute atomic E-state index is 13.2. The van der Waals surface area contributed by atoms with Gasteiger partial charge >= 0.3 is 6.03 Å². The minimum Gasteiger partial charge on any atom is -0.491 e. The molecule has 2 aliphatic rings. The smallest absolute Gasteiger partial charge is 0.325 e. The Morgan fingerprint density at radius 2 is 2.04 bits per heavy atom. The molecule has 1 heterocycles. The maximum Gasteiger partial charge on any atom is 0.325 e. The van der Waals surface area contributed by atoms with E-state index >= 15 is 0 Å². The summed E-state index contributed by atoms with van der Waals surface area (Å²) in [5, 5.41) is 13.3. The van der Waals surface area contributed by atoms with Gasteiger partial charge in [0, 0.05) is 0 Å². The zero-order chi connectivity index (χ0) is 19.7. The molecule has 0 unspecified atom stereocenters. The second-order valence-electron chi connectivity index (χ2n) is 7.54. The normalized spacial score (nSPS) is 22.1. The van der Waals surface area contributed by atoms with Crippen LogP contribution in [0.15, 0.2) is 48.5 Å². The predicted molar refractivity (Wildman–Crippen MR) is 104 cm³/mol. The highest BCUT2D eigenvalue weighted by Gasteiger charge is 2.54. The van der Waals surface area contributed by atoms with Crippen molar-refractivity contribution in [3.8, 4) is 5.75 Å². The van der Waals surface area contributed by atoms with Gasteiger partial charge in [-0.15, -0.1) is 0 Å². The average molecular weight is 380 g/mol. The zero-order valence-electron chi connectivity index (χ0n) is 15.9. The number of hydrogen-bond acceptors (Lipinski definition) is 4. The van der Waals surface area contributed by atoms with Gasteiger partial charge in [-0.25, -0.2) is 4.79 Å². The largest absolute Gasteiger partial charge is 0.491 e. The molecule has 0 saturated carbocycles. The van der Waals surface area contributed by atoms with Crippen LogP contribution in [0.1, 0.15) is 29.5 Å². The first-order valence-corrected chi connectivity index (χ1v) is 9.60. The number of nitrogens with one attached hydrogen (secondary N) is 1. The summed E-state index contributed by atoms with van der Waals surface area (Å²) in [5.74, 6) is 0.355. The van der Waals surface area contributed by atoms with Crippen molar-refractivity contribution < 1.29 is 19.4 Å². The quantitative estimate of drug-likeness (QED) is 0.782. The molecule has 6 heteroatoms. The number of aryl methyl sites for hydroxylation is 2. The number of rotatable bonds is 5. The molecule has 1 aliphatic heterocycles. The lowest BCUT2D eigenvalue weighted by Gasteiger charge is -2.33. The van der Waals surface area contributed by atoms with E-state index in [-0.39, 0.29) is 19.1 Å². The van der Waals surface area contributed by atoms with E-state index < -0.39 is 17.7 Å². The lowest BCUT2D eigenvalue weighted by Crippen LogP contribution is -2.47. The van der Waals surface area contributed by atoms with Crippen molar-refractivity contribution in [1.29, 1.82) is 0 Å². The Labute approximate surface area is 164 Å². The van der Waals surface area contributed by atoms with Gasteiger partial charge in [-0.1, -0.05) is 36.4 Å². The molecule has 0 radical (unpaired) electrons. The molecule has 1 aliphatic carbocycles. The molecule has 2 aromatic rings. The van der Waals surface area contributed by atoms with E-state index in [1.54, 1.807) is 6.07 Å². The van der Waals surface area contributed by atoms with Gasteiger partial charge in [0.05, 0.1) is 6.54 Å². The van der Waals surface area contributed by atoms with E-state index in [0.29, 0.717) is 12.2 Å². The number of nitrogens with zero attached hydrogens (tertiary/aromatic N) is 1. The van der Waals surface area contributed by atoms with E-state index in [4.69, 9.17) is 4.74 Å². The summed E-state index contributed by atoms with van der Waals surface area (Å²) in [6.07, 6.45) is 1.33. The Balaban J connectivity index is 1.46. The number of aliphatic hydroxyl groups excluding tert-OH is 1. The van der Waals surface area contributed by atoms with Gasteiger partial charge in [0.2, 0.25) is 0 Å². The summed E-state index contributed by atoms with van der Waals surface area (Å²) in [6, 6.07) is 14.8. The molecule has 0 bridgehead atoms. The first-order valence-electron chi connectivity index (χ1n) is 9.60. The summed E-state index contributed by atoms with van der Waals surface area (Å²) in [6.45, 7) is 1.86. The Hall–Kier alpha value is -2.86. The molecule has 6 nitrogen and oxygen atoms in total. The topological polar surface area (TPSA) is 78.9 Å². The Morgan fingerprint density at radius 3 is 2.86 bits per heavy atom. The molecule has 1 spiro atoms. The number of carbonyl (C=O) groups is 2. The van der Waals surface area contributed by atoms with Gasteiger partial charge in [-0.3, -0.25) is 9.69 Å².